The van der Waals surface area contributed by atoms with Gasteiger partial charge in [0.2, 0.25) is 4.96 Å². The van der Waals surface area contributed by atoms with Gasteiger partial charge >= 0.3 is 0 Å². The van der Waals surface area contributed by atoms with Gasteiger partial charge in [-0.1, -0.05) is 72.0 Å². The highest BCUT2D eigenvalue weighted by molar-refractivity contribution is 7.19. The highest BCUT2D eigenvalue weighted by Gasteiger charge is 2.15. The van der Waals surface area contributed by atoms with Crippen molar-refractivity contribution >= 4 is 16.3 Å². The third-order valence-corrected chi connectivity index (χ3v) is 5.07. The van der Waals surface area contributed by atoms with E-state index < -0.39 is 0 Å². The van der Waals surface area contributed by atoms with E-state index in [-0.39, 0.29) is 0 Å². The summed E-state index contributed by atoms with van der Waals surface area (Å²) in [5.41, 5.74) is 4.04. The second-order valence-corrected chi connectivity index (χ2v) is 6.87. The standard InChI is InChI=1S/C19H14N6S/c1-3-7-13(8-4-1)11-17-22-23-19-25(17)24-18(26-19)16-12-15(20-21-16)14-9-5-2-6-10-14/h1-10,12H,11H2,(H,20,21). The van der Waals surface area contributed by atoms with E-state index in [4.69, 9.17) is 0 Å². The summed E-state index contributed by atoms with van der Waals surface area (Å²) < 4.78 is 1.82. The molecule has 26 heavy (non-hydrogen) atoms. The van der Waals surface area contributed by atoms with Gasteiger partial charge in [-0.05, 0) is 11.6 Å². The molecule has 0 atom stereocenters. The van der Waals surface area contributed by atoms with Gasteiger partial charge in [-0.15, -0.1) is 10.2 Å². The molecule has 3 heterocycles. The fourth-order valence-corrected chi connectivity index (χ4v) is 3.67. The van der Waals surface area contributed by atoms with Gasteiger partial charge in [0.25, 0.3) is 0 Å². The van der Waals surface area contributed by atoms with Crippen LogP contribution in [0.15, 0.2) is 66.7 Å². The van der Waals surface area contributed by atoms with E-state index in [9.17, 15) is 0 Å². The first-order chi connectivity index (χ1) is 12.9. The molecule has 0 aliphatic heterocycles. The van der Waals surface area contributed by atoms with Crippen molar-refractivity contribution < 1.29 is 0 Å². The van der Waals surface area contributed by atoms with Crippen molar-refractivity contribution in [3.63, 3.8) is 0 Å². The molecule has 5 aromatic rings. The van der Waals surface area contributed by atoms with Crippen LogP contribution in [0, 0.1) is 0 Å². The molecule has 0 spiro atoms. The minimum absolute atomic E-state index is 0.698. The zero-order valence-electron chi connectivity index (χ0n) is 13.7. The van der Waals surface area contributed by atoms with Crippen LogP contribution in [0.3, 0.4) is 0 Å². The molecule has 0 amide bonds. The van der Waals surface area contributed by atoms with Gasteiger partial charge in [0.15, 0.2) is 10.8 Å². The Bertz CT molecular complexity index is 1160. The van der Waals surface area contributed by atoms with Crippen LogP contribution in [0.1, 0.15) is 11.4 Å². The van der Waals surface area contributed by atoms with Crippen LogP contribution >= 0.6 is 11.3 Å². The maximum absolute atomic E-state index is 4.69. The molecule has 6 nitrogen and oxygen atoms in total. The first-order valence-corrected chi connectivity index (χ1v) is 9.05. The minimum Gasteiger partial charge on any atom is -0.275 e. The van der Waals surface area contributed by atoms with Crippen molar-refractivity contribution in [2.75, 3.05) is 0 Å². The van der Waals surface area contributed by atoms with Gasteiger partial charge in [0, 0.05) is 12.0 Å². The van der Waals surface area contributed by atoms with E-state index in [0.29, 0.717) is 6.42 Å². The Kier molecular flexibility index (Phi) is 3.57. The van der Waals surface area contributed by atoms with Crippen LogP contribution in [0.5, 0.6) is 0 Å². The number of fused-ring (bicyclic) bond motifs is 1. The molecule has 0 saturated carbocycles. The van der Waals surface area contributed by atoms with Gasteiger partial charge in [0.05, 0.1) is 11.4 Å². The zero-order chi connectivity index (χ0) is 17.3. The maximum atomic E-state index is 4.69. The molecular formula is C19H14N6S. The summed E-state index contributed by atoms with van der Waals surface area (Å²) in [4.78, 5) is 0.779. The molecule has 126 valence electrons. The number of hydrogen-bond donors (Lipinski definition) is 1. The number of aromatic nitrogens is 6. The minimum atomic E-state index is 0.698. The van der Waals surface area contributed by atoms with Crippen molar-refractivity contribution in [1.29, 1.82) is 0 Å². The molecule has 2 aromatic carbocycles. The summed E-state index contributed by atoms with van der Waals surface area (Å²) in [6.45, 7) is 0. The van der Waals surface area contributed by atoms with Crippen LogP contribution in [0.25, 0.3) is 26.9 Å². The number of rotatable bonds is 4. The molecule has 7 heteroatoms. The van der Waals surface area contributed by atoms with Gasteiger partial charge in [-0.2, -0.15) is 14.7 Å². The Morgan fingerprint density at radius 1 is 0.923 bits per heavy atom. The Morgan fingerprint density at radius 2 is 1.69 bits per heavy atom. The van der Waals surface area contributed by atoms with E-state index in [2.05, 4.69) is 37.6 Å². The third-order valence-electron chi connectivity index (χ3n) is 4.14. The molecule has 0 unspecified atom stereocenters. The predicted octanol–water partition coefficient (Wildman–Crippen LogP) is 3.83. The molecule has 0 fully saturated rings. The highest BCUT2D eigenvalue weighted by Crippen LogP contribution is 2.27. The smallest absolute Gasteiger partial charge is 0.235 e. The largest absolute Gasteiger partial charge is 0.275 e. The Balaban J connectivity index is 1.48. The average molecular weight is 358 g/mol. The van der Waals surface area contributed by atoms with Gasteiger partial charge in [-0.3, -0.25) is 5.10 Å². The summed E-state index contributed by atoms with van der Waals surface area (Å²) >= 11 is 1.50. The summed E-state index contributed by atoms with van der Waals surface area (Å²) in [5.74, 6) is 0.830. The summed E-state index contributed by atoms with van der Waals surface area (Å²) in [7, 11) is 0. The Labute approximate surface area is 153 Å². The topological polar surface area (TPSA) is 71.8 Å². The molecular weight excluding hydrogens is 344 g/mol. The fraction of sp³-hybridized carbons (Fsp3) is 0.0526. The van der Waals surface area contributed by atoms with Crippen LogP contribution in [0.2, 0.25) is 0 Å². The van der Waals surface area contributed by atoms with Crippen molar-refractivity contribution in [3.8, 4) is 22.0 Å². The van der Waals surface area contributed by atoms with Crippen molar-refractivity contribution in [2.45, 2.75) is 6.42 Å². The van der Waals surface area contributed by atoms with Crippen LogP contribution < -0.4 is 0 Å². The van der Waals surface area contributed by atoms with Crippen LogP contribution in [-0.2, 0) is 6.42 Å². The van der Waals surface area contributed by atoms with Crippen molar-refractivity contribution in [1.82, 2.24) is 30.0 Å². The Morgan fingerprint density at radius 3 is 2.50 bits per heavy atom. The van der Waals surface area contributed by atoms with E-state index in [1.54, 1.807) is 0 Å². The monoisotopic (exact) mass is 358 g/mol. The average Bonchev–Trinajstić information content (AvgIpc) is 3.40. The Hall–Kier alpha value is -3.32. The first kappa shape index (κ1) is 15.0. The molecule has 0 radical (unpaired) electrons. The van der Waals surface area contributed by atoms with Crippen molar-refractivity contribution in [2.24, 2.45) is 0 Å². The normalized spacial score (nSPS) is 11.2. The number of nitrogens with zero attached hydrogens (tertiary/aromatic N) is 5. The number of H-pyrrole nitrogens is 1. The summed E-state index contributed by atoms with van der Waals surface area (Å²) in [6.07, 6.45) is 0.698. The third kappa shape index (κ3) is 2.68. The molecule has 0 saturated heterocycles. The van der Waals surface area contributed by atoms with E-state index in [1.165, 1.54) is 16.9 Å². The van der Waals surface area contributed by atoms with Crippen LogP contribution in [-0.4, -0.2) is 30.0 Å². The lowest BCUT2D eigenvalue weighted by atomic mass is 10.1. The van der Waals surface area contributed by atoms with Gasteiger partial charge in [-0.25, -0.2) is 0 Å². The second-order valence-electron chi connectivity index (χ2n) is 5.91. The number of benzene rings is 2. The summed E-state index contributed by atoms with van der Waals surface area (Å²) in [5, 5.41) is 21.5. The fourth-order valence-electron chi connectivity index (χ4n) is 2.84. The molecule has 0 bridgehead atoms. The quantitative estimate of drug-likeness (QED) is 0.530. The molecule has 0 aliphatic rings. The molecule has 1 N–H and O–H groups in total. The van der Waals surface area contributed by atoms with E-state index in [0.717, 1.165) is 32.7 Å². The predicted molar refractivity (Wildman–Crippen MR) is 101 cm³/mol. The number of nitrogens with one attached hydrogen (secondary N) is 1. The molecule has 3 aromatic heterocycles. The highest BCUT2D eigenvalue weighted by atomic mass is 32.1. The first-order valence-electron chi connectivity index (χ1n) is 8.23. The maximum Gasteiger partial charge on any atom is 0.235 e. The molecule has 5 rings (SSSR count). The second kappa shape index (κ2) is 6.20. The number of hydrogen-bond acceptors (Lipinski definition) is 5. The van der Waals surface area contributed by atoms with E-state index in [1.807, 2.05) is 59.1 Å². The number of aromatic amines is 1. The lowest BCUT2D eigenvalue weighted by molar-refractivity contribution is 0.853. The van der Waals surface area contributed by atoms with E-state index >= 15 is 0 Å². The van der Waals surface area contributed by atoms with Gasteiger partial charge < -0.3 is 0 Å². The molecule has 0 aliphatic carbocycles. The van der Waals surface area contributed by atoms with Crippen LogP contribution in [0.4, 0.5) is 0 Å². The lowest BCUT2D eigenvalue weighted by Gasteiger charge is -1.97. The lowest BCUT2D eigenvalue weighted by Crippen LogP contribution is -1.97. The SMILES string of the molecule is c1ccc(Cc2nnc3sc(-c4cc(-c5ccccc5)n[nH]4)nn23)cc1. The summed E-state index contributed by atoms with van der Waals surface area (Å²) in [6, 6.07) is 22.3. The van der Waals surface area contributed by atoms with Crippen molar-refractivity contribution in [3.05, 3.63) is 78.1 Å². The zero-order valence-corrected chi connectivity index (χ0v) is 14.5. The van der Waals surface area contributed by atoms with Gasteiger partial charge in [0.1, 0.15) is 0 Å².